The van der Waals surface area contributed by atoms with Crippen LogP contribution in [0.25, 0.3) is 11.4 Å². The Kier molecular flexibility index (Phi) is 7.03. The third kappa shape index (κ3) is 5.80. The molecule has 9 nitrogen and oxygen atoms in total. The molecule has 37 heavy (non-hydrogen) atoms. The van der Waals surface area contributed by atoms with Crippen LogP contribution < -0.4 is 21.7 Å². The standard InChI is InChI=1S/C25H26F3N7O2/c1-14(22(29)36)31-21-12-19(23(30)37)32-24(33-21)15-3-8-20-16(11-15)13-34(2)9-10-35(20)18-6-4-17(5-7-18)25(26,27)28/h3-8,11-12,14H,9-10,13H2,1-2H3,(H2,29,36)(H2,30,37)(H,31,32,33). The first-order chi connectivity index (χ1) is 17.4. The minimum absolute atomic E-state index is 0.0392. The number of nitrogens with two attached hydrogens (primary N) is 2. The van der Waals surface area contributed by atoms with Gasteiger partial charge >= 0.3 is 6.18 Å². The molecule has 1 aliphatic heterocycles. The lowest BCUT2D eigenvalue weighted by Crippen LogP contribution is -2.33. The average molecular weight is 514 g/mol. The van der Waals surface area contributed by atoms with E-state index < -0.39 is 29.6 Å². The quantitative estimate of drug-likeness (QED) is 0.462. The maximum Gasteiger partial charge on any atom is 0.416 e. The number of amides is 2. The van der Waals surface area contributed by atoms with Crippen molar-refractivity contribution in [2.45, 2.75) is 25.7 Å². The van der Waals surface area contributed by atoms with Crippen molar-refractivity contribution in [2.75, 3.05) is 30.4 Å². The van der Waals surface area contributed by atoms with Gasteiger partial charge in [0.25, 0.3) is 5.91 Å². The molecule has 0 saturated carbocycles. The lowest BCUT2D eigenvalue weighted by atomic mass is 10.1. The van der Waals surface area contributed by atoms with Crippen molar-refractivity contribution in [1.29, 1.82) is 0 Å². The van der Waals surface area contributed by atoms with Crippen LogP contribution in [0.5, 0.6) is 0 Å². The van der Waals surface area contributed by atoms with Gasteiger partial charge in [0.2, 0.25) is 5.91 Å². The topological polar surface area (TPSA) is 130 Å². The second-order valence-corrected chi connectivity index (χ2v) is 8.87. The maximum atomic E-state index is 13.1. The molecule has 0 bridgehead atoms. The molecule has 1 aliphatic rings. The Morgan fingerprint density at radius 3 is 2.35 bits per heavy atom. The van der Waals surface area contributed by atoms with Gasteiger partial charge < -0.3 is 26.6 Å². The van der Waals surface area contributed by atoms with Crippen molar-refractivity contribution in [3.05, 3.63) is 65.4 Å². The van der Waals surface area contributed by atoms with Crippen molar-refractivity contribution < 1.29 is 22.8 Å². The summed E-state index contributed by atoms with van der Waals surface area (Å²) in [4.78, 5) is 36.1. The monoisotopic (exact) mass is 513 g/mol. The molecule has 1 atom stereocenters. The molecule has 194 valence electrons. The first-order valence-electron chi connectivity index (χ1n) is 11.4. The zero-order chi connectivity index (χ0) is 26.9. The summed E-state index contributed by atoms with van der Waals surface area (Å²) in [6, 6.07) is 11.1. The van der Waals surface area contributed by atoms with Crippen LogP contribution in [0.1, 0.15) is 28.5 Å². The fourth-order valence-electron chi connectivity index (χ4n) is 4.04. The Morgan fingerprint density at radius 2 is 1.73 bits per heavy atom. The number of hydrogen-bond acceptors (Lipinski definition) is 7. The van der Waals surface area contributed by atoms with E-state index in [4.69, 9.17) is 11.5 Å². The van der Waals surface area contributed by atoms with Crippen LogP contribution in [0.15, 0.2) is 48.5 Å². The summed E-state index contributed by atoms with van der Waals surface area (Å²) in [5.74, 6) is -0.937. The average Bonchev–Trinajstić information content (AvgIpc) is 3.00. The molecule has 0 fully saturated rings. The van der Waals surface area contributed by atoms with E-state index in [-0.39, 0.29) is 17.3 Å². The van der Waals surface area contributed by atoms with Gasteiger partial charge in [-0.15, -0.1) is 0 Å². The molecule has 5 N–H and O–H groups in total. The third-order valence-corrected chi connectivity index (χ3v) is 6.05. The minimum atomic E-state index is -4.41. The number of rotatable bonds is 6. The number of anilines is 3. The van der Waals surface area contributed by atoms with Gasteiger partial charge in [0.15, 0.2) is 5.82 Å². The van der Waals surface area contributed by atoms with Gasteiger partial charge in [-0.05, 0) is 62.0 Å². The zero-order valence-electron chi connectivity index (χ0n) is 20.2. The smallest absolute Gasteiger partial charge is 0.368 e. The van der Waals surface area contributed by atoms with Crippen molar-refractivity contribution >= 4 is 29.0 Å². The van der Waals surface area contributed by atoms with Crippen LogP contribution in [-0.2, 0) is 17.5 Å². The Hall–Kier alpha value is -4.19. The van der Waals surface area contributed by atoms with Crippen LogP contribution in [0.3, 0.4) is 0 Å². The zero-order valence-corrected chi connectivity index (χ0v) is 20.2. The lowest BCUT2D eigenvalue weighted by molar-refractivity contribution is -0.137. The van der Waals surface area contributed by atoms with Crippen molar-refractivity contribution in [2.24, 2.45) is 11.5 Å². The summed E-state index contributed by atoms with van der Waals surface area (Å²) in [5, 5.41) is 2.84. The van der Waals surface area contributed by atoms with Crippen molar-refractivity contribution in [3.8, 4) is 11.4 Å². The highest BCUT2D eigenvalue weighted by molar-refractivity contribution is 5.92. The first kappa shape index (κ1) is 25.9. The lowest BCUT2D eigenvalue weighted by Gasteiger charge is -2.25. The Morgan fingerprint density at radius 1 is 1.03 bits per heavy atom. The van der Waals surface area contributed by atoms with E-state index in [2.05, 4.69) is 20.2 Å². The predicted octanol–water partition coefficient (Wildman–Crippen LogP) is 3.13. The molecule has 1 unspecified atom stereocenters. The van der Waals surface area contributed by atoms with Crippen LogP contribution in [0.4, 0.5) is 30.4 Å². The molecular formula is C25H26F3N7O2. The van der Waals surface area contributed by atoms with Crippen molar-refractivity contribution in [1.82, 2.24) is 14.9 Å². The predicted molar refractivity (Wildman–Crippen MR) is 133 cm³/mol. The normalized spacial score (nSPS) is 15.0. The van der Waals surface area contributed by atoms with Gasteiger partial charge in [-0.3, -0.25) is 9.59 Å². The number of benzene rings is 2. The molecule has 2 aromatic carbocycles. The van der Waals surface area contributed by atoms with E-state index in [1.807, 2.05) is 24.1 Å². The second kappa shape index (κ2) is 10.1. The van der Waals surface area contributed by atoms with Crippen LogP contribution in [0, 0.1) is 0 Å². The summed E-state index contributed by atoms with van der Waals surface area (Å²) in [6.07, 6.45) is -4.41. The molecule has 0 radical (unpaired) electrons. The minimum Gasteiger partial charge on any atom is -0.368 e. The van der Waals surface area contributed by atoms with Gasteiger partial charge in [-0.25, -0.2) is 9.97 Å². The van der Waals surface area contributed by atoms with Gasteiger partial charge in [0, 0.05) is 42.6 Å². The van der Waals surface area contributed by atoms with Gasteiger partial charge in [-0.1, -0.05) is 0 Å². The molecule has 0 saturated heterocycles. The number of fused-ring (bicyclic) bond motifs is 1. The summed E-state index contributed by atoms with van der Waals surface area (Å²) in [5.41, 5.74) is 13.0. The highest BCUT2D eigenvalue weighted by Crippen LogP contribution is 2.36. The number of carbonyl (C=O) groups excluding carboxylic acids is 2. The van der Waals surface area contributed by atoms with E-state index in [0.29, 0.717) is 30.9 Å². The maximum absolute atomic E-state index is 13.1. The molecule has 4 rings (SSSR count). The van der Waals surface area contributed by atoms with E-state index in [9.17, 15) is 22.8 Å². The fraction of sp³-hybridized carbons (Fsp3) is 0.280. The van der Waals surface area contributed by atoms with Crippen LogP contribution in [-0.4, -0.2) is 52.9 Å². The SMILES string of the molecule is CC(Nc1cc(C(N)=O)nc(-c2ccc3c(c2)CN(C)CCN3c2ccc(C(F)(F)F)cc2)n1)C(N)=O. The van der Waals surface area contributed by atoms with Crippen LogP contribution in [0.2, 0.25) is 0 Å². The molecule has 2 heterocycles. The number of hydrogen-bond donors (Lipinski definition) is 3. The molecule has 0 spiro atoms. The first-order valence-corrected chi connectivity index (χ1v) is 11.4. The van der Waals surface area contributed by atoms with E-state index in [0.717, 1.165) is 23.4 Å². The summed E-state index contributed by atoms with van der Waals surface area (Å²) >= 11 is 0. The number of likely N-dealkylation sites (N-methyl/N-ethyl adjacent to an activating group) is 1. The number of aromatic nitrogens is 2. The number of primary amides is 2. The van der Waals surface area contributed by atoms with Crippen LogP contribution >= 0.6 is 0 Å². The largest absolute Gasteiger partial charge is 0.416 e. The highest BCUT2D eigenvalue weighted by atomic mass is 19.4. The molecule has 12 heteroatoms. The second-order valence-electron chi connectivity index (χ2n) is 8.87. The third-order valence-electron chi connectivity index (χ3n) is 6.05. The number of alkyl halides is 3. The number of halogens is 3. The molecule has 3 aromatic rings. The summed E-state index contributed by atoms with van der Waals surface area (Å²) in [7, 11) is 1.95. The van der Waals surface area contributed by atoms with Crippen molar-refractivity contribution in [3.63, 3.8) is 0 Å². The summed E-state index contributed by atoms with van der Waals surface area (Å²) in [6.45, 7) is 3.38. The molecule has 0 aliphatic carbocycles. The molecule has 1 aromatic heterocycles. The van der Waals surface area contributed by atoms with Gasteiger partial charge in [-0.2, -0.15) is 13.2 Å². The van der Waals surface area contributed by atoms with E-state index >= 15 is 0 Å². The Labute approximate surface area is 211 Å². The number of nitrogens with one attached hydrogen (secondary N) is 1. The number of carbonyl (C=O) groups is 2. The highest BCUT2D eigenvalue weighted by Gasteiger charge is 2.30. The van der Waals surface area contributed by atoms with E-state index in [1.54, 1.807) is 13.0 Å². The Balaban J connectivity index is 1.74. The van der Waals surface area contributed by atoms with Gasteiger partial charge in [0.05, 0.1) is 5.56 Å². The van der Waals surface area contributed by atoms with Gasteiger partial charge in [0.1, 0.15) is 17.6 Å². The van der Waals surface area contributed by atoms with E-state index in [1.165, 1.54) is 18.2 Å². The molecular weight excluding hydrogens is 487 g/mol. The number of nitrogens with zero attached hydrogens (tertiary/aromatic N) is 4. The molecule has 2 amide bonds. The summed E-state index contributed by atoms with van der Waals surface area (Å²) < 4.78 is 39.2. The Bertz CT molecular complexity index is 1330. The fourth-order valence-corrected chi connectivity index (χ4v) is 4.04.